The van der Waals surface area contributed by atoms with Gasteiger partial charge in [0.1, 0.15) is 6.33 Å². The van der Waals surface area contributed by atoms with E-state index in [1.54, 1.807) is 0 Å². The lowest BCUT2D eigenvalue weighted by atomic mass is 10.3. The van der Waals surface area contributed by atoms with Crippen LogP contribution in [0.15, 0.2) is 6.33 Å². The van der Waals surface area contributed by atoms with Gasteiger partial charge in [-0.3, -0.25) is 0 Å². The molecular formula is C8H12ClN3O. The molecule has 0 spiro atoms. The highest BCUT2D eigenvalue weighted by Crippen LogP contribution is 2.05. The van der Waals surface area contributed by atoms with Gasteiger partial charge in [0.05, 0.1) is 6.61 Å². The highest BCUT2D eigenvalue weighted by Gasteiger charge is 1.97. The molecular weight excluding hydrogens is 190 g/mol. The van der Waals surface area contributed by atoms with Crippen LogP contribution in [0.5, 0.6) is 6.01 Å². The fourth-order valence-electron chi connectivity index (χ4n) is 0.848. The largest absolute Gasteiger partial charge is 0.463 e. The topological polar surface area (TPSA) is 47.9 Å². The Balaban J connectivity index is 2.28. The molecule has 4 nitrogen and oxygen atoms in total. The maximum atomic E-state index is 5.54. The van der Waals surface area contributed by atoms with Crippen LogP contribution in [-0.4, -0.2) is 21.6 Å². The van der Waals surface area contributed by atoms with Crippen LogP contribution in [0.4, 0.5) is 0 Å². The van der Waals surface area contributed by atoms with Crippen LogP contribution in [0.2, 0.25) is 5.28 Å². The van der Waals surface area contributed by atoms with Gasteiger partial charge in [0.25, 0.3) is 0 Å². The van der Waals surface area contributed by atoms with E-state index >= 15 is 0 Å². The highest BCUT2D eigenvalue weighted by atomic mass is 35.5. The second-order valence-corrected chi connectivity index (χ2v) is 2.93. The lowest BCUT2D eigenvalue weighted by molar-refractivity contribution is 0.281. The fraction of sp³-hybridized carbons (Fsp3) is 0.625. The Bertz CT molecular complexity index is 257. The Morgan fingerprint density at radius 2 is 2.23 bits per heavy atom. The van der Waals surface area contributed by atoms with Crippen molar-refractivity contribution in [2.75, 3.05) is 6.61 Å². The van der Waals surface area contributed by atoms with E-state index in [0.717, 1.165) is 12.8 Å². The number of rotatable bonds is 5. The average Bonchev–Trinajstić information content (AvgIpc) is 2.13. The molecule has 0 aliphatic heterocycles. The van der Waals surface area contributed by atoms with Crippen molar-refractivity contribution in [2.24, 2.45) is 0 Å². The monoisotopic (exact) mass is 201 g/mol. The van der Waals surface area contributed by atoms with E-state index in [1.165, 1.54) is 12.7 Å². The number of ether oxygens (including phenoxy) is 1. The highest BCUT2D eigenvalue weighted by molar-refractivity contribution is 6.28. The molecule has 13 heavy (non-hydrogen) atoms. The summed E-state index contributed by atoms with van der Waals surface area (Å²) in [6.45, 7) is 2.77. The molecule has 1 heterocycles. The summed E-state index contributed by atoms with van der Waals surface area (Å²) in [5.41, 5.74) is 0. The van der Waals surface area contributed by atoms with Gasteiger partial charge < -0.3 is 4.74 Å². The van der Waals surface area contributed by atoms with Crippen LogP contribution in [-0.2, 0) is 0 Å². The molecule has 0 aromatic carbocycles. The minimum absolute atomic E-state index is 0.167. The Morgan fingerprint density at radius 1 is 1.38 bits per heavy atom. The number of nitrogens with zero attached hydrogens (tertiary/aromatic N) is 3. The summed E-state index contributed by atoms with van der Waals surface area (Å²) in [6.07, 6.45) is 4.67. The Kier molecular flexibility index (Phi) is 4.46. The summed E-state index contributed by atoms with van der Waals surface area (Å²) in [5, 5.41) is 0.167. The molecule has 0 saturated carbocycles. The van der Waals surface area contributed by atoms with Gasteiger partial charge in [-0.1, -0.05) is 19.8 Å². The van der Waals surface area contributed by atoms with Crippen molar-refractivity contribution >= 4 is 11.6 Å². The standard InChI is InChI=1S/C8H12ClN3O/c1-2-3-4-5-13-8-11-6-10-7(9)12-8/h6H,2-5H2,1H3. The molecule has 0 aliphatic rings. The van der Waals surface area contributed by atoms with Crippen LogP contribution in [0.25, 0.3) is 0 Å². The van der Waals surface area contributed by atoms with Crippen LogP contribution in [0.1, 0.15) is 26.2 Å². The van der Waals surface area contributed by atoms with Crippen LogP contribution in [0.3, 0.4) is 0 Å². The Morgan fingerprint density at radius 3 is 2.92 bits per heavy atom. The summed E-state index contributed by atoms with van der Waals surface area (Å²) < 4.78 is 5.24. The van der Waals surface area contributed by atoms with Gasteiger partial charge in [0, 0.05) is 0 Å². The summed E-state index contributed by atoms with van der Waals surface area (Å²) in [6, 6.07) is 0.302. The second-order valence-electron chi connectivity index (χ2n) is 2.59. The SMILES string of the molecule is CCCCCOc1ncnc(Cl)n1. The number of halogens is 1. The fourth-order valence-corrected chi connectivity index (χ4v) is 0.964. The summed E-state index contributed by atoms with van der Waals surface area (Å²) in [7, 11) is 0. The lowest BCUT2D eigenvalue weighted by Gasteiger charge is -2.02. The number of unbranched alkanes of at least 4 members (excludes halogenated alkanes) is 2. The maximum Gasteiger partial charge on any atom is 0.320 e. The summed E-state index contributed by atoms with van der Waals surface area (Å²) in [5.74, 6) is 0. The van der Waals surface area contributed by atoms with Gasteiger partial charge >= 0.3 is 6.01 Å². The first-order valence-electron chi connectivity index (χ1n) is 4.30. The van der Waals surface area contributed by atoms with Gasteiger partial charge in [0.15, 0.2) is 0 Å². The summed E-state index contributed by atoms with van der Waals surface area (Å²) >= 11 is 5.54. The first-order valence-corrected chi connectivity index (χ1v) is 4.68. The minimum atomic E-state index is 0.167. The normalized spacial score (nSPS) is 10.0. The minimum Gasteiger partial charge on any atom is -0.463 e. The van der Waals surface area contributed by atoms with E-state index in [2.05, 4.69) is 21.9 Å². The van der Waals surface area contributed by atoms with Gasteiger partial charge in [-0.05, 0) is 18.0 Å². The molecule has 1 rings (SSSR count). The zero-order valence-corrected chi connectivity index (χ0v) is 8.29. The van der Waals surface area contributed by atoms with Crippen molar-refractivity contribution in [2.45, 2.75) is 26.2 Å². The number of aromatic nitrogens is 3. The lowest BCUT2D eigenvalue weighted by Crippen LogP contribution is -2.01. The molecule has 0 aliphatic carbocycles. The van der Waals surface area contributed by atoms with Crippen molar-refractivity contribution in [3.05, 3.63) is 11.6 Å². The molecule has 0 N–H and O–H groups in total. The third-order valence-corrected chi connectivity index (χ3v) is 1.68. The predicted molar refractivity (Wildman–Crippen MR) is 49.9 cm³/mol. The molecule has 0 fully saturated rings. The van der Waals surface area contributed by atoms with Gasteiger partial charge in [-0.25, -0.2) is 4.98 Å². The third-order valence-electron chi connectivity index (χ3n) is 1.50. The van der Waals surface area contributed by atoms with E-state index in [1.807, 2.05) is 0 Å². The molecule has 72 valence electrons. The predicted octanol–water partition coefficient (Wildman–Crippen LogP) is 2.09. The number of hydrogen-bond acceptors (Lipinski definition) is 4. The molecule has 0 saturated heterocycles. The van der Waals surface area contributed by atoms with Crippen LogP contribution in [0, 0.1) is 0 Å². The molecule has 5 heteroatoms. The molecule has 0 radical (unpaired) electrons. The van der Waals surface area contributed by atoms with Crippen LogP contribution < -0.4 is 4.74 Å². The maximum absolute atomic E-state index is 5.54. The smallest absolute Gasteiger partial charge is 0.320 e. The zero-order chi connectivity index (χ0) is 9.52. The Hall–Kier alpha value is -0.900. The van der Waals surface area contributed by atoms with E-state index in [0.29, 0.717) is 12.6 Å². The van der Waals surface area contributed by atoms with Crippen molar-refractivity contribution in [3.63, 3.8) is 0 Å². The molecule has 0 atom stereocenters. The van der Waals surface area contributed by atoms with Crippen molar-refractivity contribution in [1.82, 2.24) is 15.0 Å². The van der Waals surface area contributed by atoms with Crippen LogP contribution >= 0.6 is 11.6 Å². The molecule has 0 unspecified atom stereocenters. The summed E-state index contributed by atoms with van der Waals surface area (Å²) in [4.78, 5) is 11.2. The van der Waals surface area contributed by atoms with Gasteiger partial charge in [-0.15, -0.1) is 0 Å². The number of hydrogen-bond donors (Lipinski definition) is 0. The molecule has 0 amide bonds. The van der Waals surface area contributed by atoms with E-state index in [9.17, 15) is 0 Å². The zero-order valence-electron chi connectivity index (χ0n) is 7.53. The first-order chi connectivity index (χ1) is 6.33. The van der Waals surface area contributed by atoms with E-state index in [4.69, 9.17) is 16.3 Å². The third kappa shape index (κ3) is 4.03. The Labute approximate surface area is 82.3 Å². The molecule has 0 bridgehead atoms. The van der Waals surface area contributed by atoms with E-state index < -0.39 is 0 Å². The van der Waals surface area contributed by atoms with Gasteiger partial charge in [0.2, 0.25) is 5.28 Å². The molecule has 1 aromatic rings. The van der Waals surface area contributed by atoms with Crippen molar-refractivity contribution in [3.8, 4) is 6.01 Å². The first kappa shape index (κ1) is 10.2. The van der Waals surface area contributed by atoms with Crippen molar-refractivity contribution in [1.29, 1.82) is 0 Å². The van der Waals surface area contributed by atoms with Crippen molar-refractivity contribution < 1.29 is 4.74 Å². The van der Waals surface area contributed by atoms with Gasteiger partial charge in [-0.2, -0.15) is 9.97 Å². The second kappa shape index (κ2) is 5.70. The molecule has 1 aromatic heterocycles. The quantitative estimate of drug-likeness (QED) is 0.685. The van der Waals surface area contributed by atoms with E-state index in [-0.39, 0.29) is 5.28 Å². The average molecular weight is 202 g/mol.